The molecule has 1 unspecified atom stereocenters. The van der Waals surface area contributed by atoms with Gasteiger partial charge in [-0.1, -0.05) is 0 Å². The van der Waals surface area contributed by atoms with E-state index in [1.807, 2.05) is 0 Å². The Morgan fingerprint density at radius 1 is 1.50 bits per heavy atom. The molecule has 0 saturated carbocycles. The van der Waals surface area contributed by atoms with Crippen molar-refractivity contribution in [2.45, 2.75) is 25.9 Å². The van der Waals surface area contributed by atoms with Crippen LogP contribution >= 0.6 is 0 Å². The first-order valence-electron chi connectivity index (χ1n) is 3.64. The first-order valence-corrected chi connectivity index (χ1v) is 3.64. The summed E-state index contributed by atoms with van der Waals surface area (Å²) in [5.41, 5.74) is 0. The Morgan fingerprint density at radius 3 is 2.30 bits per heavy atom. The Kier molecular flexibility index (Phi) is 3.86. The van der Waals surface area contributed by atoms with Gasteiger partial charge in [0.2, 0.25) is 0 Å². The summed E-state index contributed by atoms with van der Waals surface area (Å²) in [6, 6.07) is 0. The highest BCUT2D eigenvalue weighted by atomic mass is 16.5. The van der Waals surface area contributed by atoms with E-state index < -0.39 is 0 Å². The van der Waals surface area contributed by atoms with Gasteiger partial charge in [-0.3, -0.25) is 0 Å². The van der Waals surface area contributed by atoms with Crippen LogP contribution in [-0.2, 0) is 0 Å². The summed E-state index contributed by atoms with van der Waals surface area (Å²) in [4.78, 5) is 0. The van der Waals surface area contributed by atoms with Gasteiger partial charge in [0.15, 0.2) is 0 Å². The highest BCUT2D eigenvalue weighted by molar-refractivity contribution is 4.46. The van der Waals surface area contributed by atoms with E-state index in [0.717, 1.165) is 12.8 Å². The van der Waals surface area contributed by atoms with E-state index in [0.29, 0.717) is 6.54 Å². The number of hydroxylamine groups is 3. The summed E-state index contributed by atoms with van der Waals surface area (Å²) in [7, 11) is 3.23. The molecule has 3 heteroatoms. The zero-order chi connectivity index (χ0) is 8.20. The SMILES string of the molecule is CC(O)CCC[N+](C)(C)[O-]. The van der Waals surface area contributed by atoms with Gasteiger partial charge < -0.3 is 15.0 Å². The molecule has 0 fully saturated rings. The molecule has 0 rings (SSSR count). The van der Waals surface area contributed by atoms with Gasteiger partial charge in [-0.15, -0.1) is 0 Å². The lowest BCUT2D eigenvalue weighted by atomic mass is 10.2. The van der Waals surface area contributed by atoms with E-state index in [9.17, 15) is 5.21 Å². The Balaban J connectivity index is 3.21. The van der Waals surface area contributed by atoms with Crippen molar-refractivity contribution in [1.82, 2.24) is 0 Å². The van der Waals surface area contributed by atoms with Gasteiger partial charge in [0, 0.05) is 0 Å². The van der Waals surface area contributed by atoms with Crippen LogP contribution in [0, 0.1) is 5.21 Å². The number of rotatable bonds is 4. The zero-order valence-corrected chi connectivity index (χ0v) is 7.00. The van der Waals surface area contributed by atoms with Crippen molar-refractivity contribution in [2.75, 3.05) is 20.6 Å². The first-order chi connectivity index (χ1) is 4.42. The Bertz CT molecular complexity index is 86.1. The molecule has 0 spiro atoms. The van der Waals surface area contributed by atoms with Gasteiger partial charge in [0.05, 0.1) is 26.7 Å². The van der Waals surface area contributed by atoms with Crippen LogP contribution in [0.15, 0.2) is 0 Å². The third-order valence-electron chi connectivity index (χ3n) is 1.32. The van der Waals surface area contributed by atoms with Gasteiger partial charge in [-0.25, -0.2) is 0 Å². The highest BCUT2D eigenvalue weighted by Gasteiger charge is 2.02. The van der Waals surface area contributed by atoms with Crippen LogP contribution in [-0.4, -0.2) is 36.5 Å². The van der Waals surface area contributed by atoms with E-state index in [4.69, 9.17) is 5.11 Å². The van der Waals surface area contributed by atoms with Crippen molar-refractivity contribution in [3.63, 3.8) is 0 Å². The maximum absolute atomic E-state index is 10.9. The van der Waals surface area contributed by atoms with Crippen molar-refractivity contribution < 1.29 is 9.75 Å². The summed E-state index contributed by atoms with van der Waals surface area (Å²) < 4.78 is -0.257. The smallest absolute Gasteiger partial charge is 0.0780 e. The molecule has 0 aromatic rings. The molecule has 0 amide bonds. The van der Waals surface area contributed by atoms with Crippen LogP contribution in [0.2, 0.25) is 0 Å². The summed E-state index contributed by atoms with van der Waals surface area (Å²) in [6.45, 7) is 2.33. The van der Waals surface area contributed by atoms with Crippen molar-refractivity contribution in [1.29, 1.82) is 0 Å². The first kappa shape index (κ1) is 9.88. The number of hydrogen-bond donors (Lipinski definition) is 1. The summed E-state index contributed by atoms with van der Waals surface area (Å²) >= 11 is 0. The Hall–Kier alpha value is -0.120. The molecule has 0 radical (unpaired) electrons. The molecule has 3 nitrogen and oxygen atoms in total. The second kappa shape index (κ2) is 3.91. The fourth-order valence-corrected chi connectivity index (χ4v) is 0.767. The molecule has 62 valence electrons. The third kappa shape index (κ3) is 7.88. The average molecular weight is 147 g/mol. The fourth-order valence-electron chi connectivity index (χ4n) is 0.767. The van der Waals surface area contributed by atoms with E-state index in [-0.39, 0.29) is 10.8 Å². The number of hydrogen-bond acceptors (Lipinski definition) is 2. The van der Waals surface area contributed by atoms with Gasteiger partial charge in [-0.2, -0.15) is 0 Å². The van der Waals surface area contributed by atoms with Crippen LogP contribution in [0.4, 0.5) is 0 Å². The Labute approximate surface area is 62.4 Å². The zero-order valence-electron chi connectivity index (χ0n) is 7.00. The minimum absolute atomic E-state index is 0.257. The summed E-state index contributed by atoms with van der Waals surface area (Å²) in [5, 5.41) is 19.8. The maximum Gasteiger partial charge on any atom is 0.0780 e. The normalized spacial score (nSPS) is 15.3. The van der Waals surface area contributed by atoms with E-state index >= 15 is 0 Å². The largest absolute Gasteiger partial charge is 0.633 e. The topological polar surface area (TPSA) is 43.3 Å². The molecule has 0 aromatic heterocycles. The molecule has 1 N–H and O–H groups in total. The lowest BCUT2D eigenvalue weighted by molar-refractivity contribution is -0.840. The molecule has 0 aliphatic heterocycles. The molecule has 0 bridgehead atoms. The molecule has 0 aliphatic rings. The number of quaternary nitrogens is 1. The Morgan fingerprint density at radius 2 is 2.00 bits per heavy atom. The molecular formula is C7H17NO2. The average Bonchev–Trinajstić information content (AvgIpc) is 1.59. The molecule has 0 heterocycles. The van der Waals surface area contributed by atoms with Crippen molar-refractivity contribution in [3.8, 4) is 0 Å². The van der Waals surface area contributed by atoms with Crippen molar-refractivity contribution in [2.24, 2.45) is 0 Å². The number of nitrogens with zero attached hydrogens (tertiary/aromatic N) is 1. The molecule has 1 atom stereocenters. The van der Waals surface area contributed by atoms with Gasteiger partial charge in [-0.05, 0) is 19.8 Å². The third-order valence-corrected chi connectivity index (χ3v) is 1.32. The van der Waals surface area contributed by atoms with E-state index in [1.54, 1.807) is 21.0 Å². The standard InChI is InChI=1S/C7H17NO2/c1-7(9)5-4-6-8(2,3)10/h7,9H,4-6H2,1-3H3. The molecule has 10 heavy (non-hydrogen) atoms. The van der Waals surface area contributed by atoms with Crippen LogP contribution < -0.4 is 0 Å². The van der Waals surface area contributed by atoms with Gasteiger partial charge >= 0.3 is 0 Å². The van der Waals surface area contributed by atoms with Crippen LogP contribution in [0.1, 0.15) is 19.8 Å². The van der Waals surface area contributed by atoms with E-state index in [1.165, 1.54) is 0 Å². The lowest BCUT2D eigenvalue weighted by Gasteiger charge is -2.33. The maximum atomic E-state index is 10.9. The van der Waals surface area contributed by atoms with Crippen LogP contribution in [0.5, 0.6) is 0 Å². The monoisotopic (exact) mass is 147 g/mol. The molecule has 0 aliphatic carbocycles. The number of aliphatic hydroxyl groups is 1. The van der Waals surface area contributed by atoms with Crippen LogP contribution in [0.25, 0.3) is 0 Å². The fraction of sp³-hybridized carbons (Fsp3) is 1.00. The minimum Gasteiger partial charge on any atom is -0.633 e. The predicted octanol–water partition coefficient (Wildman–Crippen LogP) is 0.722. The highest BCUT2D eigenvalue weighted by Crippen LogP contribution is 2.00. The van der Waals surface area contributed by atoms with E-state index in [2.05, 4.69) is 0 Å². The second-order valence-corrected chi connectivity index (χ2v) is 3.29. The molecular weight excluding hydrogens is 130 g/mol. The van der Waals surface area contributed by atoms with Crippen molar-refractivity contribution >= 4 is 0 Å². The second-order valence-electron chi connectivity index (χ2n) is 3.29. The molecule has 0 aromatic carbocycles. The number of aliphatic hydroxyl groups excluding tert-OH is 1. The summed E-state index contributed by atoms with van der Waals surface area (Å²) in [6.07, 6.45) is 1.25. The van der Waals surface area contributed by atoms with Crippen LogP contribution in [0.3, 0.4) is 0 Å². The lowest BCUT2D eigenvalue weighted by Crippen LogP contribution is -2.33. The quantitative estimate of drug-likeness (QED) is 0.470. The van der Waals surface area contributed by atoms with Crippen molar-refractivity contribution in [3.05, 3.63) is 5.21 Å². The summed E-state index contributed by atoms with van der Waals surface area (Å²) in [5.74, 6) is 0. The van der Waals surface area contributed by atoms with Gasteiger partial charge in [0.25, 0.3) is 0 Å². The van der Waals surface area contributed by atoms with Gasteiger partial charge in [0.1, 0.15) is 0 Å². The molecule has 0 saturated heterocycles. The predicted molar refractivity (Wildman–Crippen MR) is 41.3 cm³/mol. The minimum atomic E-state index is -0.272.